The molecule has 1 aromatic heterocycles. The molecule has 2 atom stereocenters. The zero-order valence-corrected chi connectivity index (χ0v) is 17.1. The average molecular weight is 405 g/mol. The van der Waals surface area contributed by atoms with Crippen molar-refractivity contribution in [1.29, 1.82) is 0 Å². The number of nitrogens with zero attached hydrogens (tertiary/aromatic N) is 3. The van der Waals surface area contributed by atoms with E-state index in [1.54, 1.807) is 12.4 Å². The van der Waals surface area contributed by atoms with E-state index in [1.807, 2.05) is 52.3 Å². The Morgan fingerprint density at radius 2 is 1.80 bits per heavy atom. The molecule has 156 valence electrons. The van der Waals surface area contributed by atoms with Gasteiger partial charge in [0.2, 0.25) is 11.8 Å². The summed E-state index contributed by atoms with van der Waals surface area (Å²) >= 11 is 0. The van der Waals surface area contributed by atoms with Crippen LogP contribution in [-0.4, -0.2) is 58.4 Å². The van der Waals surface area contributed by atoms with Crippen LogP contribution in [0.15, 0.2) is 54.9 Å². The number of benzene rings is 1. The van der Waals surface area contributed by atoms with E-state index in [9.17, 15) is 9.59 Å². The maximum Gasteiger partial charge on any atom is 0.245 e. The molecular formula is C24H27N3O3. The minimum absolute atomic E-state index is 0.0713. The van der Waals surface area contributed by atoms with Crippen LogP contribution < -0.4 is 4.74 Å². The lowest BCUT2D eigenvalue weighted by atomic mass is 9.94. The van der Waals surface area contributed by atoms with E-state index in [1.165, 1.54) is 0 Å². The van der Waals surface area contributed by atoms with Crippen molar-refractivity contribution in [2.24, 2.45) is 0 Å². The average Bonchev–Trinajstić information content (AvgIpc) is 3.21. The van der Waals surface area contributed by atoms with Crippen LogP contribution in [0.3, 0.4) is 0 Å². The van der Waals surface area contributed by atoms with Gasteiger partial charge in [0.1, 0.15) is 17.9 Å². The Labute approximate surface area is 176 Å². The summed E-state index contributed by atoms with van der Waals surface area (Å²) < 4.78 is 6.11. The number of rotatable bonds is 5. The fraction of sp³-hybridized carbons (Fsp3) is 0.458. The number of likely N-dealkylation sites (tertiary alicyclic amines) is 2. The van der Waals surface area contributed by atoms with Gasteiger partial charge in [-0.05, 0) is 43.4 Å². The van der Waals surface area contributed by atoms with Gasteiger partial charge in [-0.15, -0.1) is 0 Å². The summed E-state index contributed by atoms with van der Waals surface area (Å²) in [5.74, 6) is 0.818. The van der Waals surface area contributed by atoms with Gasteiger partial charge < -0.3 is 14.5 Å². The third kappa shape index (κ3) is 3.44. The Kier molecular flexibility index (Phi) is 4.93. The van der Waals surface area contributed by atoms with E-state index in [4.69, 9.17) is 4.74 Å². The van der Waals surface area contributed by atoms with Gasteiger partial charge >= 0.3 is 0 Å². The summed E-state index contributed by atoms with van der Waals surface area (Å²) in [6, 6.07) is 13.2. The Hall–Kier alpha value is -2.89. The van der Waals surface area contributed by atoms with Gasteiger partial charge in [-0.25, -0.2) is 0 Å². The number of hydrogen-bond acceptors (Lipinski definition) is 4. The Balaban J connectivity index is 1.40. The van der Waals surface area contributed by atoms with E-state index in [-0.39, 0.29) is 17.9 Å². The predicted octanol–water partition coefficient (Wildman–Crippen LogP) is 2.78. The van der Waals surface area contributed by atoms with Crippen LogP contribution in [0.4, 0.5) is 0 Å². The first-order valence-electron chi connectivity index (χ1n) is 10.9. The molecular weight excluding hydrogens is 378 g/mol. The van der Waals surface area contributed by atoms with Gasteiger partial charge in [0, 0.05) is 25.7 Å². The van der Waals surface area contributed by atoms with Crippen molar-refractivity contribution >= 4 is 11.8 Å². The largest absolute Gasteiger partial charge is 0.487 e. The van der Waals surface area contributed by atoms with Crippen molar-refractivity contribution in [2.75, 3.05) is 19.6 Å². The number of carbonyl (C=O) groups excluding carboxylic acids is 2. The van der Waals surface area contributed by atoms with Gasteiger partial charge in [0.05, 0.1) is 18.2 Å². The van der Waals surface area contributed by atoms with E-state index in [0.717, 1.165) is 44.3 Å². The first-order valence-corrected chi connectivity index (χ1v) is 10.9. The minimum atomic E-state index is -0.478. The van der Waals surface area contributed by atoms with Gasteiger partial charge in [0.15, 0.2) is 0 Å². The van der Waals surface area contributed by atoms with Gasteiger partial charge in [0.25, 0.3) is 0 Å². The number of hydrogen-bond donors (Lipinski definition) is 0. The molecule has 3 fully saturated rings. The summed E-state index contributed by atoms with van der Waals surface area (Å²) in [6.45, 7) is 2.01. The quantitative estimate of drug-likeness (QED) is 0.767. The van der Waals surface area contributed by atoms with Crippen molar-refractivity contribution in [3.8, 4) is 5.75 Å². The predicted molar refractivity (Wildman–Crippen MR) is 112 cm³/mol. The molecule has 0 spiro atoms. The minimum Gasteiger partial charge on any atom is -0.487 e. The number of pyridine rings is 1. The molecule has 2 amide bonds. The van der Waals surface area contributed by atoms with Crippen molar-refractivity contribution < 1.29 is 14.3 Å². The van der Waals surface area contributed by atoms with E-state index in [0.29, 0.717) is 18.7 Å². The highest BCUT2D eigenvalue weighted by Crippen LogP contribution is 2.50. The second-order valence-corrected chi connectivity index (χ2v) is 8.62. The number of amides is 2. The smallest absolute Gasteiger partial charge is 0.245 e. The third-order valence-corrected chi connectivity index (χ3v) is 6.65. The summed E-state index contributed by atoms with van der Waals surface area (Å²) in [5.41, 5.74) is 0.576. The molecule has 0 bridgehead atoms. The molecule has 2 aromatic rings. The first kappa shape index (κ1) is 19.1. The van der Waals surface area contributed by atoms with E-state index >= 15 is 0 Å². The van der Waals surface area contributed by atoms with Crippen LogP contribution >= 0.6 is 0 Å². The fourth-order valence-electron chi connectivity index (χ4n) is 4.88. The second kappa shape index (κ2) is 7.74. The zero-order valence-electron chi connectivity index (χ0n) is 17.1. The SMILES string of the molecule is O=C([C@@H]1C[C@H](Oc2cccnc2)CN1C(=O)C1(c2ccccc2)CC1)N1CCCC1. The highest BCUT2D eigenvalue weighted by atomic mass is 16.5. The molecule has 30 heavy (non-hydrogen) atoms. The van der Waals surface area contributed by atoms with Crippen molar-refractivity contribution in [1.82, 2.24) is 14.8 Å². The molecule has 6 heteroatoms. The maximum absolute atomic E-state index is 13.7. The Bertz CT molecular complexity index is 908. The lowest BCUT2D eigenvalue weighted by molar-refractivity contribution is -0.144. The van der Waals surface area contributed by atoms with Crippen LogP contribution in [0.2, 0.25) is 0 Å². The summed E-state index contributed by atoms with van der Waals surface area (Å²) in [7, 11) is 0. The number of carbonyl (C=O) groups is 2. The second-order valence-electron chi connectivity index (χ2n) is 8.62. The standard InChI is InChI=1S/C24H27N3O3/c28-22(26-13-4-5-14-26)21-15-20(30-19-9-6-12-25-16-19)17-27(21)23(29)24(10-11-24)18-7-2-1-3-8-18/h1-3,6-9,12,16,20-21H,4-5,10-11,13-15,17H2/t20-,21-/m0/s1. The summed E-state index contributed by atoms with van der Waals surface area (Å²) in [4.78, 5) is 34.9. The van der Waals surface area contributed by atoms with Crippen molar-refractivity contribution in [3.05, 3.63) is 60.4 Å². The molecule has 2 saturated heterocycles. The van der Waals surface area contributed by atoms with Gasteiger partial charge in [-0.1, -0.05) is 30.3 Å². The highest BCUT2D eigenvalue weighted by molar-refractivity contribution is 5.95. The highest BCUT2D eigenvalue weighted by Gasteiger charge is 2.56. The molecule has 1 saturated carbocycles. The number of ether oxygens (including phenoxy) is 1. The maximum atomic E-state index is 13.7. The molecule has 5 rings (SSSR count). The lowest BCUT2D eigenvalue weighted by Gasteiger charge is -2.30. The first-order chi connectivity index (χ1) is 14.7. The van der Waals surface area contributed by atoms with E-state index < -0.39 is 11.5 Å². The van der Waals surface area contributed by atoms with Crippen LogP contribution in [-0.2, 0) is 15.0 Å². The number of aromatic nitrogens is 1. The molecule has 1 aliphatic carbocycles. The lowest BCUT2D eigenvalue weighted by Crippen LogP contribution is -2.50. The van der Waals surface area contributed by atoms with Crippen LogP contribution in [0.5, 0.6) is 5.75 Å². The molecule has 0 radical (unpaired) electrons. The molecule has 6 nitrogen and oxygen atoms in total. The van der Waals surface area contributed by atoms with Gasteiger partial charge in [-0.2, -0.15) is 0 Å². The van der Waals surface area contributed by atoms with Crippen LogP contribution in [0, 0.1) is 0 Å². The monoisotopic (exact) mass is 405 g/mol. The molecule has 0 unspecified atom stereocenters. The molecule has 2 aliphatic heterocycles. The summed E-state index contributed by atoms with van der Waals surface area (Å²) in [5, 5.41) is 0. The third-order valence-electron chi connectivity index (χ3n) is 6.65. The normalized spacial score (nSPS) is 24.7. The topological polar surface area (TPSA) is 62.7 Å². The molecule has 1 aromatic carbocycles. The van der Waals surface area contributed by atoms with E-state index in [2.05, 4.69) is 4.98 Å². The molecule has 3 heterocycles. The van der Waals surface area contributed by atoms with Crippen LogP contribution in [0.25, 0.3) is 0 Å². The summed E-state index contributed by atoms with van der Waals surface area (Å²) in [6.07, 6.45) is 7.45. The molecule has 0 N–H and O–H groups in total. The van der Waals surface area contributed by atoms with Crippen molar-refractivity contribution in [3.63, 3.8) is 0 Å². The Morgan fingerprint density at radius 3 is 2.47 bits per heavy atom. The van der Waals surface area contributed by atoms with Gasteiger partial charge in [-0.3, -0.25) is 14.6 Å². The zero-order chi connectivity index (χ0) is 20.6. The van der Waals surface area contributed by atoms with Crippen molar-refractivity contribution in [2.45, 2.75) is 49.7 Å². The Morgan fingerprint density at radius 1 is 1.03 bits per heavy atom. The molecule has 3 aliphatic rings. The van der Waals surface area contributed by atoms with Crippen LogP contribution in [0.1, 0.15) is 37.7 Å². The fourth-order valence-corrected chi connectivity index (χ4v) is 4.88.